The zero-order valence-corrected chi connectivity index (χ0v) is 5.76. The van der Waals surface area contributed by atoms with Crippen LogP contribution in [-0.2, 0) is 4.79 Å². The predicted octanol–water partition coefficient (Wildman–Crippen LogP) is 1.79. The Hall–Kier alpha value is -0.590. The number of carbonyl (C=O) groups is 1. The number of allylic oxidation sites excluding steroid dienone is 1. The van der Waals surface area contributed by atoms with Crippen molar-refractivity contribution in [2.75, 3.05) is 0 Å². The lowest BCUT2D eigenvalue weighted by molar-refractivity contribution is -0.117. The van der Waals surface area contributed by atoms with Crippen molar-refractivity contribution in [2.24, 2.45) is 11.8 Å². The van der Waals surface area contributed by atoms with Gasteiger partial charge in [0.25, 0.3) is 0 Å². The number of carbonyl (C=O) groups excluding carboxylic acids is 1. The van der Waals surface area contributed by atoms with Gasteiger partial charge in [-0.25, -0.2) is 0 Å². The van der Waals surface area contributed by atoms with Crippen LogP contribution in [0.5, 0.6) is 0 Å². The fraction of sp³-hybridized carbons (Fsp3) is 0.625. The van der Waals surface area contributed by atoms with Gasteiger partial charge < -0.3 is 0 Å². The lowest BCUT2D eigenvalue weighted by atomic mass is 9.99. The lowest BCUT2D eigenvalue weighted by Gasteiger charge is -2.05. The molecule has 0 bridgehead atoms. The quantitative estimate of drug-likeness (QED) is 0.487. The van der Waals surface area contributed by atoms with E-state index in [9.17, 15) is 4.79 Å². The summed E-state index contributed by atoms with van der Waals surface area (Å²) in [7, 11) is 0. The molecule has 1 saturated carbocycles. The molecule has 0 aliphatic heterocycles. The van der Waals surface area contributed by atoms with Gasteiger partial charge in [-0.2, -0.15) is 0 Å². The molecule has 0 aromatic rings. The zero-order valence-electron chi connectivity index (χ0n) is 5.76. The topological polar surface area (TPSA) is 17.1 Å². The summed E-state index contributed by atoms with van der Waals surface area (Å²) in [6.45, 7) is 5.78. The summed E-state index contributed by atoms with van der Waals surface area (Å²) in [6, 6.07) is 0. The highest BCUT2D eigenvalue weighted by atomic mass is 16.1. The molecule has 0 radical (unpaired) electrons. The summed E-state index contributed by atoms with van der Waals surface area (Å²) in [4.78, 5) is 10.8. The van der Waals surface area contributed by atoms with Crippen molar-refractivity contribution in [3.8, 4) is 0 Å². The average molecular weight is 124 g/mol. The van der Waals surface area contributed by atoms with E-state index >= 15 is 0 Å². The Kier molecular flexibility index (Phi) is 1.70. The lowest BCUT2D eigenvalue weighted by Crippen LogP contribution is -1.97. The van der Waals surface area contributed by atoms with Gasteiger partial charge in [-0.1, -0.05) is 13.0 Å². The Balaban J connectivity index is 2.57. The van der Waals surface area contributed by atoms with Gasteiger partial charge in [0.05, 0.1) is 0 Å². The summed E-state index contributed by atoms with van der Waals surface area (Å²) >= 11 is 0. The first-order chi connectivity index (χ1) is 4.24. The highest BCUT2D eigenvalue weighted by Crippen LogP contribution is 2.28. The van der Waals surface area contributed by atoms with Crippen LogP contribution in [0, 0.1) is 11.8 Å². The average Bonchev–Trinajstić information content (AvgIpc) is 2.10. The summed E-state index contributed by atoms with van der Waals surface area (Å²) < 4.78 is 0. The van der Waals surface area contributed by atoms with E-state index in [1.54, 1.807) is 0 Å². The first-order valence-electron chi connectivity index (χ1n) is 3.38. The molecule has 1 nitrogen and oxygen atoms in total. The minimum atomic E-state index is 0.396. The van der Waals surface area contributed by atoms with Gasteiger partial charge in [0, 0.05) is 12.8 Å². The SMILES string of the molecule is C=C[C@H]1CC(=O)C[C@@H]1C. The second-order valence-electron chi connectivity index (χ2n) is 2.82. The van der Waals surface area contributed by atoms with Gasteiger partial charge >= 0.3 is 0 Å². The van der Waals surface area contributed by atoms with E-state index in [0.29, 0.717) is 17.6 Å². The molecular weight excluding hydrogens is 112 g/mol. The number of hydrogen-bond donors (Lipinski definition) is 0. The number of Topliss-reactive ketones (excluding diaryl/α,β-unsaturated/α-hetero) is 1. The third-order valence-electron chi connectivity index (χ3n) is 2.05. The van der Waals surface area contributed by atoms with Crippen molar-refractivity contribution >= 4 is 5.78 Å². The smallest absolute Gasteiger partial charge is 0.133 e. The van der Waals surface area contributed by atoms with E-state index in [2.05, 4.69) is 13.5 Å². The molecule has 0 amide bonds. The standard InChI is InChI=1S/C8H12O/c1-3-7-5-8(9)4-6(7)2/h3,6-7H,1,4-5H2,2H3/t6-,7-/m0/s1. The molecule has 0 unspecified atom stereocenters. The van der Waals surface area contributed by atoms with Gasteiger partial charge in [-0.05, 0) is 11.8 Å². The van der Waals surface area contributed by atoms with Crippen LogP contribution in [0.2, 0.25) is 0 Å². The second kappa shape index (κ2) is 2.34. The Morgan fingerprint density at radius 2 is 2.33 bits per heavy atom. The molecule has 1 fully saturated rings. The summed E-state index contributed by atoms with van der Waals surface area (Å²) in [5, 5.41) is 0. The molecule has 0 N–H and O–H groups in total. The Morgan fingerprint density at radius 3 is 2.56 bits per heavy atom. The van der Waals surface area contributed by atoms with Crippen molar-refractivity contribution in [1.29, 1.82) is 0 Å². The van der Waals surface area contributed by atoms with E-state index in [-0.39, 0.29) is 0 Å². The van der Waals surface area contributed by atoms with Crippen LogP contribution in [0.4, 0.5) is 0 Å². The normalized spacial score (nSPS) is 35.0. The summed E-state index contributed by atoms with van der Waals surface area (Å²) in [5.74, 6) is 1.39. The van der Waals surface area contributed by atoms with Crippen LogP contribution in [0.3, 0.4) is 0 Å². The highest BCUT2D eigenvalue weighted by molar-refractivity contribution is 5.81. The zero-order chi connectivity index (χ0) is 6.85. The van der Waals surface area contributed by atoms with Crippen LogP contribution in [0.15, 0.2) is 12.7 Å². The first-order valence-corrected chi connectivity index (χ1v) is 3.38. The molecule has 0 aromatic heterocycles. The molecule has 0 heterocycles. The summed E-state index contributed by atoms with van der Waals surface area (Å²) in [5.41, 5.74) is 0. The third kappa shape index (κ3) is 1.21. The molecule has 0 saturated heterocycles. The molecule has 1 rings (SSSR count). The van der Waals surface area contributed by atoms with Crippen molar-refractivity contribution in [2.45, 2.75) is 19.8 Å². The van der Waals surface area contributed by atoms with Crippen molar-refractivity contribution < 1.29 is 4.79 Å². The van der Waals surface area contributed by atoms with Crippen LogP contribution >= 0.6 is 0 Å². The molecule has 1 aliphatic rings. The largest absolute Gasteiger partial charge is 0.300 e. The monoisotopic (exact) mass is 124 g/mol. The maximum absolute atomic E-state index is 10.8. The molecule has 1 aliphatic carbocycles. The maximum atomic E-state index is 10.8. The van der Waals surface area contributed by atoms with E-state index in [1.165, 1.54) is 0 Å². The van der Waals surface area contributed by atoms with Crippen LogP contribution in [0.1, 0.15) is 19.8 Å². The molecule has 1 heteroatoms. The van der Waals surface area contributed by atoms with Crippen LogP contribution in [-0.4, -0.2) is 5.78 Å². The minimum absolute atomic E-state index is 0.396. The molecule has 50 valence electrons. The van der Waals surface area contributed by atoms with E-state index < -0.39 is 0 Å². The minimum Gasteiger partial charge on any atom is -0.300 e. The van der Waals surface area contributed by atoms with E-state index in [1.807, 2.05) is 6.08 Å². The summed E-state index contributed by atoms with van der Waals surface area (Å²) in [6.07, 6.45) is 3.39. The van der Waals surface area contributed by atoms with Gasteiger partial charge in [-0.15, -0.1) is 6.58 Å². The van der Waals surface area contributed by atoms with Crippen LogP contribution in [0.25, 0.3) is 0 Å². The Morgan fingerprint density at radius 1 is 1.67 bits per heavy atom. The van der Waals surface area contributed by atoms with Crippen LogP contribution < -0.4 is 0 Å². The third-order valence-corrected chi connectivity index (χ3v) is 2.05. The predicted molar refractivity (Wildman–Crippen MR) is 37.1 cm³/mol. The second-order valence-corrected chi connectivity index (χ2v) is 2.82. The van der Waals surface area contributed by atoms with Crippen molar-refractivity contribution in [1.82, 2.24) is 0 Å². The molecule has 9 heavy (non-hydrogen) atoms. The number of hydrogen-bond acceptors (Lipinski definition) is 1. The van der Waals surface area contributed by atoms with Crippen molar-refractivity contribution in [3.63, 3.8) is 0 Å². The Labute approximate surface area is 55.8 Å². The fourth-order valence-electron chi connectivity index (χ4n) is 1.37. The number of rotatable bonds is 1. The molecule has 0 spiro atoms. The van der Waals surface area contributed by atoms with Gasteiger partial charge in [0.15, 0.2) is 0 Å². The first kappa shape index (κ1) is 6.53. The maximum Gasteiger partial charge on any atom is 0.133 e. The Bertz CT molecular complexity index is 138. The van der Waals surface area contributed by atoms with Gasteiger partial charge in [0.2, 0.25) is 0 Å². The van der Waals surface area contributed by atoms with Crippen molar-refractivity contribution in [3.05, 3.63) is 12.7 Å². The number of ketones is 1. The van der Waals surface area contributed by atoms with E-state index in [4.69, 9.17) is 0 Å². The van der Waals surface area contributed by atoms with E-state index in [0.717, 1.165) is 12.8 Å². The highest BCUT2D eigenvalue weighted by Gasteiger charge is 2.26. The molecular formula is C8H12O. The van der Waals surface area contributed by atoms with Gasteiger partial charge in [-0.3, -0.25) is 4.79 Å². The molecule has 0 aromatic carbocycles. The van der Waals surface area contributed by atoms with Gasteiger partial charge in [0.1, 0.15) is 5.78 Å². The molecule has 2 atom stereocenters. The fourth-order valence-corrected chi connectivity index (χ4v) is 1.37.